The zero-order valence-corrected chi connectivity index (χ0v) is 11.3. The predicted octanol–water partition coefficient (Wildman–Crippen LogP) is 3.14. The van der Waals surface area contributed by atoms with Gasteiger partial charge in [-0.1, -0.05) is 20.8 Å². The molecule has 0 spiro atoms. The number of furan rings is 1. The maximum atomic E-state index is 12.5. The zero-order chi connectivity index (χ0) is 13.3. The van der Waals surface area contributed by atoms with E-state index in [0.29, 0.717) is 17.6 Å². The molecule has 0 radical (unpaired) electrons. The van der Waals surface area contributed by atoms with Gasteiger partial charge in [-0.3, -0.25) is 4.79 Å². The van der Waals surface area contributed by atoms with Crippen molar-refractivity contribution in [2.45, 2.75) is 39.7 Å². The molecule has 0 amide bonds. The van der Waals surface area contributed by atoms with Crippen LogP contribution in [0.4, 0.5) is 0 Å². The van der Waals surface area contributed by atoms with Gasteiger partial charge in [0.1, 0.15) is 0 Å². The molecule has 0 bridgehead atoms. The van der Waals surface area contributed by atoms with Crippen LogP contribution in [0.2, 0.25) is 0 Å². The van der Waals surface area contributed by atoms with E-state index >= 15 is 0 Å². The molecule has 1 fully saturated rings. The van der Waals surface area contributed by atoms with E-state index in [4.69, 9.17) is 4.42 Å². The maximum Gasteiger partial charge on any atom is 0.201 e. The molecule has 1 N–H and O–H groups in total. The van der Waals surface area contributed by atoms with E-state index in [9.17, 15) is 9.90 Å². The van der Waals surface area contributed by atoms with Crippen LogP contribution in [-0.4, -0.2) is 17.0 Å². The number of aliphatic hydroxyl groups excluding tert-OH is 1. The van der Waals surface area contributed by atoms with Crippen LogP contribution in [-0.2, 0) is 0 Å². The summed E-state index contributed by atoms with van der Waals surface area (Å²) in [5.74, 6) is 1.08. The highest BCUT2D eigenvalue weighted by atomic mass is 16.3. The van der Waals surface area contributed by atoms with Crippen molar-refractivity contribution in [1.29, 1.82) is 0 Å². The van der Waals surface area contributed by atoms with E-state index in [-0.39, 0.29) is 23.7 Å². The van der Waals surface area contributed by atoms with Crippen molar-refractivity contribution in [3.8, 4) is 0 Å². The Morgan fingerprint density at radius 2 is 2.17 bits per heavy atom. The second-order valence-electron chi connectivity index (χ2n) is 5.91. The SMILES string of the molecule is CC1CC(O)C(C(C)C)C(C(=O)c2ccco2)C1. The van der Waals surface area contributed by atoms with Crippen molar-refractivity contribution in [3.63, 3.8) is 0 Å². The lowest BCUT2D eigenvalue weighted by molar-refractivity contribution is -0.00794. The van der Waals surface area contributed by atoms with Crippen LogP contribution >= 0.6 is 0 Å². The van der Waals surface area contributed by atoms with Crippen molar-refractivity contribution in [2.24, 2.45) is 23.7 Å². The van der Waals surface area contributed by atoms with Crippen molar-refractivity contribution < 1.29 is 14.3 Å². The molecule has 18 heavy (non-hydrogen) atoms. The molecule has 1 saturated carbocycles. The molecule has 1 aromatic heterocycles. The Balaban J connectivity index is 2.24. The van der Waals surface area contributed by atoms with Gasteiger partial charge < -0.3 is 9.52 Å². The molecule has 3 heteroatoms. The Labute approximate surface area is 108 Å². The lowest BCUT2D eigenvalue weighted by atomic mass is 9.66. The summed E-state index contributed by atoms with van der Waals surface area (Å²) in [7, 11) is 0. The van der Waals surface area contributed by atoms with Gasteiger partial charge in [-0.15, -0.1) is 0 Å². The third-order valence-electron chi connectivity index (χ3n) is 4.08. The number of carbonyl (C=O) groups excluding carboxylic acids is 1. The summed E-state index contributed by atoms with van der Waals surface area (Å²) in [5.41, 5.74) is 0. The molecule has 100 valence electrons. The van der Waals surface area contributed by atoms with Gasteiger partial charge in [0.15, 0.2) is 5.76 Å². The molecule has 3 nitrogen and oxygen atoms in total. The molecule has 1 aromatic rings. The van der Waals surface area contributed by atoms with E-state index < -0.39 is 0 Å². The first kappa shape index (κ1) is 13.3. The van der Waals surface area contributed by atoms with Gasteiger partial charge in [0.05, 0.1) is 12.4 Å². The second-order valence-corrected chi connectivity index (χ2v) is 5.91. The van der Waals surface area contributed by atoms with Crippen molar-refractivity contribution in [2.75, 3.05) is 0 Å². The Morgan fingerprint density at radius 3 is 2.72 bits per heavy atom. The number of hydrogen-bond acceptors (Lipinski definition) is 3. The van der Waals surface area contributed by atoms with Crippen LogP contribution in [0.1, 0.15) is 44.2 Å². The quantitative estimate of drug-likeness (QED) is 0.838. The van der Waals surface area contributed by atoms with Crippen LogP contribution < -0.4 is 0 Å². The number of aliphatic hydroxyl groups is 1. The average Bonchev–Trinajstić information content (AvgIpc) is 2.79. The Kier molecular flexibility index (Phi) is 3.91. The number of carbonyl (C=O) groups is 1. The predicted molar refractivity (Wildman–Crippen MR) is 69.3 cm³/mol. The zero-order valence-electron chi connectivity index (χ0n) is 11.3. The fourth-order valence-electron chi connectivity index (χ4n) is 3.32. The minimum atomic E-state index is -0.377. The molecule has 0 aliphatic heterocycles. The Hall–Kier alpha value is -1.09. The van der Waals surface area contributed by atoms with Gasteiger partial charge in [-0.05, 0) is 42.7 Å². The summed E-state index contributed by atoms with van der Waals surface area (Å²) in [4.78, 5) is 12.5. The van der Waals surface area contributed by atoms with Gasteiger partial charge in [0.25, 0.3) is 0 Å². The molecular weight excluding hydrogens is 228 g/mol. The summed E-state index contributed by atoms with van der Waals surface area (Å²) >= 11 is 0. The fraction of sp³-hybridized carbons (Fsp3) is 0.667. The number of hydrogen-bond donors (Lipinski definition) is 1. The number of Topliss-reactive ketones (excluding diaryl/α,β-unsaturated/α-hetero) is 1. The first-order valence-electron chi connectivity index (χ1n) is 6.76. The number of ketones is 1. The van der Waals surface area contributed by atoms with Crippen LogP contribution in [0.3, 0.4) is 0 Å². The lowest BCUT2D eigenvalue weighted by Gasteiger charge is -2.39. The van der Waals surface area contributed by atoms with E-state index in [2.05, 4.69) is 20.8 Å². The summed E-state index contributed by atoms with van der Waals surface area (Å²) in [6, 6.07) is 3.45. The standard InChI is InChI=1S/C15H22O3/c1-9(2)14-11(7-10(3)8-12(14)16)15(17)13-5-4-6-18-13/h4-6,9-12,14,16H,7-8H2,1-3H3. The third kappa shape index (κ3) is 2.51. The molecule has 1 heterocycles. The topological polar surface area (TPSA) is 50.4 Å². The van der Waals surface area contributed by atoms with E-state index in [1.165, 1.54) is 6.26 Å². The van der Waals surface area contributed by atoms with Crippen LogP contribution in [0.15, 0.2) is 22.8 Å². The first-order valence-corrected chi connectivity index (χ1v) is 6.76. The molecule has 4 unspecified atom stereocenters. The minimum Gasteiger partial charge on any atom is -0.461 e. The average molecular weight is 250 g/mol. The summed E-state index contributed by atoms with van der Waals surface area (Å²) in [5, 5.41) is 10.2. The van der Waals surface area contributed by atoms with Gasteiger partial charge in [0.2, 0.25) is 5.78 Å². The maximum absolute atomic E-state index is 12.5. The largest absolute Gasteiger partial charge is 0.461 e. The van der Waals surface area contributed by atoms with Crippen LogP contribution in [0, 0.1) is 23.7 Å². The molecule has 0 saturated heterocycles. The molecule has 1 aliphatic carbocycles. The van der Waals surface area contributed by atoms with Crippen LogP contribution in [0.5, 0.6) is 0 Å². The van der Waals surface area contributed by atoms with Gasteiger partial charge >= 0.3 is 0 Å². The highest BCUT2D eigenvalue weighted by Gasteiger charge is 2.41. The molecule has 1 aliphatic rings. The van der Waals surface area contributed by atoms with Gasteiger partial charge in [0, 0.05) is 5.92 Å². The second kappa shape index (κ2) is 5.27. The monoisotopic (exact) mass is 250 g/mol. The van der Waals surface area contributed by atoms with E-state index in [0.717, 1.165) is 12.8 Å². The van der Waals surface area contributed by atoms with E-state index in [1.807, 2.05) is 0 Å². The van der Waals surface area contributed by atoms with Gasteiger partial charge in [-0.25, -0.2) is 0 Å². The highest BCUT2D eigenvalue weighted by molar-refractivity contribution is 5.95. The van der Waals surface area contributed by atoms with Crippen molar-refractivity contribution in [1.82, 2.24) is 0 Å². The molecule has 2 rings (SSSR count). The van der Waals surface area contributed by atoms with Crippen LogP contribution in [0.25, 0.3) is 0 Å². The third-order valence-corrected chi connectivity index (χ3v) is 4.08. The number of rotatable bonds is 3. The lowest BCUT2D eigenvalue weighted by Crippen LogP contribution is -2.42. The molecule has 0 aromatic carbocycles. The first-order chi connectivity index (χ1) is 8.50. The van der Waals surface area contributed by atoms with Crippen molar-refractivity contribution >= 4 is 5.78 Å². The minimum absolute atomic E-state index is 0.0406. The fourth-order valence-corrected chi connectivity index (χ4v) is 3.32. The molecule has 4 atom stereocenters. The summed E-state index contributed by atoms with van der Waals surface area (Å²) in [6.45, 7) is 6.25. The Morgan fingerprint density at radius 1 is 1.44 bits per heavy atom. The molecular formula is C15H22O3. The highest BCUT2D eigenvalue weighted by Crippen LogP contribution is 2.39. The Bertz CT molecular complexity index is 394. The summed E-state index contributed by atoms with van der Waals surface area (Å²) in [6.07, 6.45) is 2.79. The normalized spacial score (nSPS) is 32.7. The smallest absolute Gasteiger partial charge is 0.201 e. The summed E-state index contributed by atoms with van der Waals surface area (Å²) < 4.78 is 5.22. The van der Waals surface area contributed by atoms with Gasteiger partial charge in [-0.2, -0.15) is 0 Å². The van der Waals surface area contributed by atoms with E-state index in [1.54, 1.807) is 12.1 Å². The van der Waals surface area contributed by atoms with Crippen molar-refractivity contribution in [3.05, 3.63) is 24.2 Å².